The van der Waals surface area contributed by atoms with Crippen LogP contribution in [0.25, 0.3) is 0 Å². The number of fused-ring (bicyclic) bond motifs is 5. The standard InChI is InChI=1S/C36H49ClN2O10S2/c1-20-9-8-10-28(45-6)36(43)17-27(47-34(42)38-36)21(2)32-35(3,49-32)29(48-33(41)23-11-12-24(46-18-23)19-51-50-7)16-30(40)39(4)25-14-22(13-20)15-26(44-5)31(25)37/h8-10,14-15,21,23-24,27-29,32,43H,11-13,16-19H2,1-7H3,(H,38,42)/b10-8+,20-9+/t21-,23?,24?,27?,28-,29+,32+,35+,36+/m1/s1. The molecule has 0 radical (unpaired) electrons. The maximum absolute atomic E-state index is 14.1. The lowest BCUT2D eigenvalue weighted by Gasteiger charge is -2.42. The fourth-order valence-corrected chi connectivity index (χ4v) is 8.84. The summed E-state index contributed by atoms with van der Waals surface area (Å²) in [5.74, 6) is -0.534. The van der Waals surface area contributed by atoms with Crippen LogP contribution in [0.15, 0.2) is 35.9 Å². The highest BCUT2D eigenvalue weighted by molar-refractivity contribution is 8.76. The number of nitrogens with zero attached hydrogens (tertiary/aromatic N) is 1. The van der Waals surface area contributed by atoms with E-state index in [1.165, 1.54) is 19.1 Å². The number of allylic oxidation sites excluding steroid dienone is 3. The maximum Gasteiger partial charge on any atom is 0.409 e. The van der Waals surface area contributed by atoms with Crippen molar-refractivity contribution in [3.05, 3.63) is 46.5 Å². The molecule has 3 fully saturated rings. The number of carbonyl (C=O) groups is 3. The van der Waals surface area contributed by atoms with Crippen LogP contribution in [0.2, 0.25) is 5.02 Å². The summed E-state index contributed by atoms with van der Waals surface area (Å²) in [4.78, 5) is 42.1. The van der Waals surface area contributed by atoms with Gasteiger partial charge in [-0.3, -0.25) is 14.9 Å². The molecule has 2 amide bonds. The molecule has 0 aliphatic carbocycles. The van der Waals surface area contributed by atoms with Gasteiger partial charge in [0.2, 0.25) is 5.91 Å². The Balaban J connectivity index is 1.49. The number of halogens is 1. The van der Waals surface area contributed by atoms with E-state index in [0.717, 1.165) is 23.3 Å². The fraction of sp³-hybridized carbons (Fsp3) is 0.639. The van der Waals surface area contributed by atoms with E-state index in [1.54, 1.807) is 47.7 Å². The Hall–Kier alpha value is -2.46. The van der Waals surface area contributed by atoms with Gasteiger partial charge in [0.25, 0.3) is 0 Å². The normalized spacial score (nSPS) is 36.1. The van der Waals surface area contributed by atoms with E-state index in [1.807, 2.05) is 38.3 Å². The molecule has 0 aromatic heterocycles. The van der Waals surface area contributed by atoms with Crippen LogP contribution >= 0.6 is 33.2 Å². The van der Waals surface area contributed by atoms with Gasteiger partial charge in [-0.25, -0.2) is 4.79 Å². The SMILES string of the molecule is COc1cc2cc(c1Cl)N(C)C(=O)C[C@H](OC(=O)C1CCC(CSSC)OC1)[C@]1(C)O[C@H]1[C@H](C)C1C[C@@](O)(NC(=O)O1)[C@H](OC)/C=C/C=C(\C)C2. The Morgan fingerprint density at radius 2 is 2.00 bits per heavy atom. The first kappa shape index (κ1) is 39.7. The van der Waals surface area contributed by atoms with Gasteiger partial charge in [0.05, 0.1) is 44.0 Å². The summed E-state index contributed by atoms with van der Waals surface area (Å²) in [7, 11) is 7.98. The molecule has 3 saturated heterocycles. The smallest absolute Gasteiger partial charge is 0.409 e. The zero-order valence-electron chi connectivity index (χ0n) is 30.1. The summed E-state index contributed by atoms with van der Waals surface area (Å²) in [5.41, 5.74) is -0.658. The minimum atomic E-state index is -1.79. The van der Waals surface area contributed by atoms with E-state index in [0.29, 0.717) is 24.3 Å². The molecule has 0 saturated carbocycles. The monoisotopic (exact) mass is 768 g/mol. The molecule has 12 nitrogen and oxygen atoms in total. The molecule has 0 spiro atoms. The lowest BCUT2D eigenvalue weighted by Crippen LogP contribution is -2.63. The molecule has 9 atom stereocenters. The molecule has 5 rings (SSSR count). The van der Waals surface area contributed by atoms with Gasteiger partial charge >= 0.3 is 12.1 Å². The first-order chi connectivity index (χ1) is 24.2. The largest absolute Gasteiger partial charge is 0.495 e. The second-order valence-corrected chi connectivity index (χ2v) is 16.9. The number of anilines is 1. The Morgan fingerprint density at radius 3 is 2.67 bits per heavy atom. The first-order valence-corrected chi connectivity index (χ1v) is 20.2. The van der Waals surface area contributed by atoms with Crippen LogP contribution in [0.5, 0.6) is 5.75 Å². The highest BCUT2D eigenvalue weighted by atomic mass is 35.5. The zero-order chi connectivity index (χ0) is 37.1. The van der Waals surface area contributed by atoms with Crippen LogP contribution in [-0.2, 0) is 39.7 Å². The molecule has 4 aliphatic heterocycles. The number of hydrogen-bond donors (Lipinski definition) is 2. The number of alkyl carbamates (subject to hydrolysis) is 1. The molecule has 51 heavy (non-hydrogen) atoms. The first-order valence-electron chi connectivity index (χ1n) is 17.1. The quantitative estimate of drug-likeness (QED) is 0.206. The number of ether oxygens (including phenoxy) is 6. The number of rotatable bonds is 7. The van der Waals surface area contributed by atoms with Crippen molar-refractivity contribution in [3.8, 4) is 5.75 Å². The Morgan fingerprint density at radius 1 is 1.24 bits per heavy atom. The lowest BCUT2D eigenvalue weighted by molar-refractivity contribution is -0.164. The zero-order valence-corrected chi connectivity index (χ0v) is 32.5. The van der Waals surface area contributed by atoms with Crippen LogP contribution < -0.4 is 15.0 Å². The minimum Gasteiger partial charge on any atom is -0.495 e. The molecular weight excluding hydrogens is 720 g/mol. The molecule has 1 aromatic carbocycles. The van der Waals surface area contributed by atoms with Gasteiger partial charge < -0.3 is 38.4 Å². The molecule has 282 valence electrons. The van der Waals surface area contributed by atoms with Crippen molar-refractivity contribution in [1.29, 1.82) is 0 Å². The van der Waals surface area contributed by atoms with E-state index < -0.39 is 59.6 Å². The predicted molar refractivity (Wildman–Crippen MR) is 197 cm³/mol. The number of benzene rings is 1. The van der Waals surface area contributed by atoms with Crippen molar-refractivity contribution >= 4 is 56.8 Å². The highest BCUT2D eigenvalue weighted by Gasteiger charge is 2.64. The van der Waals surface area contributed by atoms with Crippen LogP contribution in [0.4, 0.5) is 10.5 Å². The Kier molecular flexibility index (Phi) is 13.0. The van der Waals surface area contributed by atoms with Crippen LogP contribution in [0, 0.1) is 11.8 Å². The number of esters is 1. The summed E-state index contributed by atoms with van der Waals surface area (Å²) in [6.45, 7) is 5.80. The third kappa shape index (κ3) is 9.02. The third-order valence-corrected chi connectivity index (χ3v) is 12.5. The number of carbonyl (C=O) groups excluding carboxylic acids is 3. The van der Waals surface area contributed by atoms with Gasteiger partial charge in [0, 0.05) is 32.2 Å². The van der Waals surface area contributed by atoms with E-state index >= 15 is 0 Å². The van der Waals surface area contributed by atoms with Crippen LogP contribution in [0.1, 0.15) is 52.0 Å². The molecule has 2 N–H and O–H groups in total. The van der Waals surface area contributed by atoms with E-state index in [-0.39, 0.29) is 36.5 Å². The molecule has 4 bridgehead atoms. The van der Waals surface area contributed by atoms with Gasteiger partial charge in [0.1, 0.15) is 34.7 Å². The van der Waals surface area contributed by atoms with Crippen molar-refractivity contribution < 1.29 is 47.9 Å². The van der Waals surface area contributed by atoms with Crippen molar-refractivity contribution in [2.24, 2.45) is 11.8 Å². The number of methoxy groups -OCH3 is 2. The number of aliphatic hydroxyl groups is 1. The number of amides is 2. The number of nitrogens with one attached hydrogen (secondary N) is 1. The summed E-state index contributed by atoms with van der Waals surface area (Å²) in [6, 6.07) is 3.65. The van der Waals surface area contributed by atoms with Gasteiger partial charge in [-0.1, -0.05) is 63.9 Å². The second-order valence-electron chi connectivity index (χ2n) is 13.9. The van der Waals surface area contributed by atoms with Crippen molar-refractivity contribution in [2.75, 3.05) is 44.8 Å². The van der Waals surface area contributed by atoms with Crippen molar-refractivity contribution in [3.63, 3.8) is 0 Å². The molecular formula is C36H49ClN2O10S2. The fourth-order valence-electron chi connectivity index (χ4n) is 7.11. The van der Waals surface area contributed by atoms with Gasteiger partial charge in [0.15, 0.2) is 5.72 Å². The summed E-state index contributed by atoms with van der Waals surface area (Å²) in [6.07, 6.45) is 4.92. The minimum absolute atomic E-state index is 0.00690. The van der Waals surface area contributed by atoms with Crippen molar-refractivity contribution in [1.82, 2.24) is 5.32 Å². The van der Waals surface area contributed by atoms with E-state index in [4.69, 9.17) is 40.0 Å². The maximum atomic E-state index is 14.1. The Bertz CT molecular complexity index is 1520. The summed E-state index contributed by atoms with van der Waals surface area (Å²) >= 11 is 6.77. The van der Waals surface area contributed by atoms with Crippen LogP contribution in [0.3, 0.4) is 0 Å². The average Bonchev–Trinajstić information content (AvgIpc) is 3.80. The van der Waals surface area contributed by atoms with Crippen molar-refractivity contribution in [2.45, 2.75) is 94.7 Å². The second kappa shape index (κ2) is 16.7. The third-order valence-electron chi connectivity index (χ3n) is 10.3. The van der Waals surface area contributed by atoms with Gasteiger partial charge in [-0.05, 0) is 57.1 Å². The molecule has 4 heterocycles. The lowest BCUT2D eigenvalue weighted by atomic mass is 9.83. The molecule has 1 aromatic rings. The van der Waals surface area contributed by atoms with E-state index in [9.17, 15) is 19.5 Å². The molecule has 4 aliphatic rings. The van der Waals surface area contributed by atoms with Gasteiger partial charge in [-0.2, -0.15) is 0 Å². The summed E-state index contributed by atoms with van der Waals surface area (Å²) in [5, 5.41) is 14.5. The Labute approximate surface area is 312 Å². The predicted octanol–water partition coefficient (Wildman–Crippen LogP) is 5.47. The van der Waals surface area contributed by atoms with Gasteiger partial charge in [-0.15, -0.1) is 0 Å². The number of hydrogen-bond acceptors (Lipinski definition) is 12. The number of epoxide rings is 1. The average molecular weight is 769 g/mol. The van der Waals surface area contributed by atoms with E-state index in [2.05, 4.69) is 5.32 Å². The topological polar surface area (TPSA) is 145 Å². The molecule has 3 unspecified atom stereocenters. The summed E-state index contributed by atoms with van der Waals surface area (Å²) < 4.78 is 35.4. The highest BCUT2D eigenvalue weighted by Crippen LogP contribution is 2.49. The molecule has 15 heteroatoms. The van der Waals surface area contributed by atoms with Crippen LogP contribution in [-0.4, -0.2) is 105 Å².